The van der Waals surface area contributed by atoms with Gasteiger partial charge in [-0.05, 0) is 22.3 Å². The van der Waals surface area contributed by atoms with Crippen molar-refractivity contribution in [3.05, 3.63) is 120 Å². The van der Waals surface area contributed by atoms with Crippen LogP contribution in [0.15, 0.2) is 98.1 Å². The number of benzene rings is 3. The first-order valence-electron chi connectivity index (χ1n) is 7.95. The maximum atomic E-state index is 3.69. The Morgan fingerprint density at radius 3 is 1.12 bits per heavy atom. The van der Waals surface area contributed by atoms with E-state index in [0.29, 0.717) is 0 Å². The van der Waals surface area contributed by atoms with Crippen molar-refractivity contribution in [3.63, 3.8) is 0 Å². The van der Waals surface area contributed by atoms with E-state index in [0.717, 1.165) is 11.1 Å². The third-order valence-electron chi connectivity index (χ3n) is 3.50. The van der Waals surface area contributed by atoms with Crippen molar-refractivity contribution >= 4 is 24.3 Å². The Hall–Kier alpha value is -3.12. The summed E-state index contributed by atoms with van der Waals surface area (Å²) in [5.41, 5.74) is 4.74. The minimum atomic E-state index is 1.14. The molecule has 0 bridgehead atoms. The highest BCUT2D eigenvalue weighted by atomic mass is 13.9. The predicted octanol–water partition coefficient (Wildman–Crippen LogP) is 6.83. The first-order chi connectivity index (χ1) is 11.8. The van der Waals surface area contributed by atoms with Gasteiger partial charge >= 0.3 is 0 Å². The van der Waals surface area contributed by atoms with E-state index in [4.69, 9.17) is 0 Å². The van der Waals surface area contributed by atoms with Gasteiger partial charge in [0.25, 0.3) is 0 Å². The van der Waals surface area contributed by atoms with Crippen molar-refractivity contribution < 1.29 is 0 Å². The smallest absolute Gasteiger partial charge is 0.0190 e. The second-order valence-electron chi connectivity index (χ2n) is 5.19. The highest BCUT2D eigenvalue weighted by molar-refractivity contribution is 5.69. The van der Waals surface area contributed by atoms with E-state index in [1.807, 2.05) is 72.8 Å². The van der Waals surface area contributed by atoms with Gasteiger partial charge in [-0.2, -0.15) is 0 Å². The lowest BCUT2D eigenvalue weighted by Crippen LogP contribution is -1.76. The molecule has 0 aromatic heterocycles. The van der Waals surface area contributed by atoms with Crippen molar-refractivity contribution in [1.82, 2.24) is 0 Å². The fourth-order valence-electron chi connectivity index (χ4n) is 2.20. The Bertz CT molecular complexity index is 712. The van der Waals surface area contributed by atoms with Gasteiger partial charge in [-0.3, -0.25) is 0 Å². The minimum absolute atomic E-state index is 1.14. The fourth-order valence-corrected chi connectivity index (χ4v) is 2.20. The fraction of sp³-hybridized carbons (Fsp3) is 0. The quantitative estimate of drug-likeness (QED) is 0.463. The summed E-state index contributed by atoms with van der Waals surface area (Å²) in [4.78, 5) is 0. The van der Waals surface area contributed by atoms with Gasteiger partial charge in [0, 0.05) is 0 Å². The van der Waals surface area contributed by atoms with Crippen LogP contribution in [0.1, 0.15) is 22.3 Å². The monoisotopic (exact) mass is 310 g/mol. The molecule has 0 heteroatoms. The summed E-state index contributed by atoms with van der Waals surface area (Å²) in [6.45, 7) is 7.38. The highest BCUT2D eigenvalue weighted by Gasteiger charge is 1.89. The summed E-state index contributed by atoms with van der Waals surface area (Å²) in [6.07, 6.45) is 7.90. The van der Waals surface area contributed by atoms with E-state index in [1.54, 1.807) is 0 Å². The van der Waals surface area contributed by atoms with Crippen molar-refractivity contribution in [2.45, 2.75) is 0 Å². The van der Waals surface area contributed by atoms with E-state index in [9.17, 15) is 0 Å². The van der Waals surface area contributed by atoms with Crippen LogP contribution < -0.4 is 0 Å². The third-order valence-corrected chi connectivity index (χ3v) is 3.50. The van der Waals surface area contributed by atoms with E-state index >= 15 is 0 Å². The average Bonchev–Trinajstić information content (AvgIpc) is 2.68. The van der Waals surface area contributed by atoms with Crippen molar-refractivity contribution in [3.8, 4) is 0 Å². The summed E-state index contributed by atoms with van der Waals surface area (Å²) in [6, 6.07) is 28.6. The zero-order valence-corrected chi connectivity index (χ0v) is 13.8. The molecule has 0 fully saturated rings. The molecule has 0 aliphatic carbocycles. The first-order valence-corrected chi connectivity index (χ1v) is 7.95. The largest absolute Gasteiger partial charge is 0.0984 e. The summed E-state index contributed by atoms with van der Waals surface area (Å²) in [5, 5.41) is 0. The van der Waals surface area contributed by atoms with Gasteiger partial charge < -0.3 is 0 Å². The van der Waals surface area contributed by atoms with E-state index in [1.165, 1.54) is 11.1 Å². The molecule has 24 heavy (non-hydrogen) atoms. The summed E-state index contributed by atoms with van der Waals surface area (Å²) in [7, 11) is 0. The van der Waals surface area contributed by atoms with Crippen LogP contribution in [-0.4, -0.2) is 0 Å². The van der Waals surface area contributed by atoms with Crippen LogP contribution in [-0.2, 0) is 0 Å². The topological polar surface area (TPSA) is 0 Å². The lowest BCUT2D eigenvalue weighted by molar-refractivity contribution is 1.62. The average molecular weight is 310 g/mol. The molecule has 118 valence electrons. The Kier molecular flexibility index (Phi) is 7.04. The molecule has 0 saturated carbocycles. The summed E-state index contributed by atoms with van der Waals surface area (Å²) >= 11 is 0. The SMILES string of the molecule is C(=Cc1ccccc1)c1ccccc1.C=Cc1ccccc1C=C. The van der Waals surface area contributed by atoms with Crippen molar-refractivity contribution in [2.24, 2.45) is 0 Å². The Morgan fingerprint density at radius 1 is 0.458 bits per heavy atom. The molecule has 0 atom stereocenters. The second kappa shape index (κ2) is 9.81. The van der Waals surface area contributed by atoms with Crippen LogP contribution >= 0.6 is 0 Å². The maximum absolute atomic E-state index is 3.69. The van der Waals surface area contributed by atoms with Gasteiger partial charge in [-0.1, -0.05) is 122 Å². The highest BCUT2D eigenvalue weighted by Crippen LogP contribution is 2.10. The molecule has 0 saturated heterocycles. The van der Waals surface area contributed by atoms with Gasteiger partial charge in [-0.15, -0.1) is 0 Å². The molecule has 3 aromatic carbocycles. The van der Waals surface area contributed by atoms with Crippen LogP contribution in [0.2, 0.25) is 0 Å². The van der Waals surface area contributed by atoms with Crippen LogP contribution in [0.5, 0.6) is 0 Å². The molecule has 0 unspecified atom stereocenters. The second-order valence-corrected chi connectivity index (χ2v) is 5.19. The van der Waals surface area contributed by atoms with E-state index < -0.39 is 0 Å². The van der Waals surface area contributed by atoms with Gasteiger partial charge in [0.15, 0.2) is 0 Å². The van der Waals surface area contributed by atoms with E-state index in [-0.39, 0.29) is 0 Å². The Morgan fingerprint density at radius 2 is 0.792 bits per heavy atom. The van der Waals surface area contributed by atoms with Gasteiger partial charge in [0.1, 0.15) is 0 Å². The predicted molar refractivity (Wildman–Crippen MR) is 108 cm³/mol. The third kappa shape index (κ3) is 5.58. The first kappa shape index (κ1) is 17.2. The molecular weight excluding hydrogens is 288 g/mol. The molecule has 0 aliphatic rings. The minimum Gasteiger partial charge on any atom is -0.0984 e. The molecule has 0 amide bonds. The van der Waals surface area contributed by atoms with Gasteiger partial charge in [-0.25, -0.2) is 0 Å². The molecule has 3 rings (SSSR count). The number of hydrogen-bond acceptors (Lipinski definition) is 0. The van der Waals surface area contributed by atoms with Gasteiger partial charge in [0.2, 0.25) is 0 Å². The molecule has 0 radical (unpaired) electrons. The molecular formula is C24H22. The zero-order chi connectivity index (χ0) is 17.0. The van der Waals surface area contributed by atoms with Crippen LogP contribution in [0.4, 0.5) is 0 Å². The van der Waals surface area contributed by atoms with Crippen LogP contribution in [0.25, 0.3) is 24.3 Å². The van der Waals surface area contributed by atoms with E-state index in [2.05, 4.69) is 49.6 Å². The molecule has 3 aromatic rings. The summed E-state index contributed by atoms with van der Waals surface area (Å²) < 4.78 is 0. The molecule has 0 nitrogen and oxygen atoms in total. The maximum Gasteiger partial charge on any atom is -0.0190 e. The lowest BCUT2D eigenvalue weighted by Gasteiger charge is -1.96. The zero-order valence-electron chi connectivity index (χ0n) is 13.8. The van der Waals surface area contributed by atoms with Crippen LogP contribution in [0, 0.1) is 0 Å². The molecule has 0 spiro atoms. The Balaban J connectivity index is 0.000000185. The Labute approximate surface area is 145 Å². The lowest BCUT2D eigenvalue weighted by atomic mass is 10.1. The number of hydrogen-bond donors (Lipinski definition) is 0. The molecule has 0 N–H and O–H groups in total. The molecule has 0 aliphatic heterocycles. The van der Waals surface area contributed by atoms with Crippen molar-refractivity contribution in [1.29, 1.82) is 0 Å². The van der Waals surface area contributed by atoms with Crippen LogP contribution in [0.3, 0.4) is 0 Å². The standard InChI is InChI=1S/C14H12.C10H10/c1-3-7-13(8-4-1)11-12-14-9-5-2-6-10-14;1-3-9-7-5-6-8-10(9)4-2/h1-12H;3-8H,1-2H2. The molecule has 0 heterocycles. The van der Waals surface area contributed by atoms with Crippen molar-refractivity contribution in [2.75, 3.05) is 0 Å². The number of rotatable bonds is 4. The summed E-state index contributed by atoms with van der Waals surface area (Å²) in [5.74, 6) is 0. The van der Waals surface area contributed by atoms with Gasteiger partial charge in [0.05, 0.1) is 0 Å². The normalized spacial score (nSPS) is 9.83.